The smallest absolute Gasteiger partial charge is 0.435 e. The van der Waals surface area contributed by atoms with E-state index in [1.165, 1.54) is 18.2 Å². The molecule has 2 heterocycles. The molecule has 6 rings (SSSR count). The standard InChI is InChI=1S/C42H50Cl2F3N7O5/c1-41(2)22-34-38(35(55)23-41)39(42(45,46)47)51-54(34)29-9-13-31(40(48)58)32(21-29)50-26-7-11-30(12-8-26)59-37(57)24-49-36(56)6-4-5-27-19-25-20-28(10-14-33(25)52(27)3)53(17-15-43)18-16-44/h9-10,13-14,19-21,26,30,50H,4-8,11-12,15-18,22-24H2,1-3H3,(H2,48,58)(H,49,56). The van der Waals surface area contributed by atoms with Crippen molar-refractivity contribution < 1.29 is 37.1 Å². The number of benzene rings is 2. The zero-order valence-electron chi connectivity index (χ0n) is 33.4. The number of carbonyl (C=O) groups excluding carboxylic acids is 4. The summed E-state index contributed by atoms with van der Waals surface area (Å²) in [5.41, 5.74) is 7.56. The number of anilines is 2. The minimum Gasteiger partial charge on any atom is -0.461 e. The number of ether oxygens (including phenoxy) is 1. The summed E-state index contributed by atoms with van der Waals surface area (Å²) in [6.45, 7) is 4.78. The highest BCUT2D eigenvalue weighted by Crippen LogP contribution is 2.42. The monoisotopic (exact) mass is 859 g/mol. The van der Waals surface area contributed by atoms with E-state index < -0.39 is 40.5 Å². The number of alkyl halides is 5. The molecule has 2 aliphatic rings. The fraction of sp³-hybridized carbons (Fsp3) is 0.500. The molecule has 2 aromatic heterocycles. The Kier molecular flexibility index (Phi) is 13.5. The maximum Gasteiger partial charge on any atom is 0.435 e. The van der Waals surface area contributed by atoms with Crippen LogP contribution in [0, 0.1) is 5.41 Å². The number of aryl methyl sites for hydroxylation is 2. The normalized spacial score (nSPS) is 17.7. The number of nitrogens with two attached hydrogens (primary N) is 1. The second-order valence-electron chi connectivity index (χ2n) is 16.2. The summed E-state index contributed by atoms with van der Waals surface area (Å²) in [5, 5.41) is 10.9. The van der Waals surface area contributed by atoms with E-state index in [1.54, 1.807) is 0 Å². The average Bonchev–Trinajstić information content (AvgIpc) is 3.71. The van der Waals surface area contributed by atoms with Gasteiger partial charge in [0.15, 0.2) is 11.5 Å². The molecule has 0 atom stereocenters. The molecule has 0 bridgehead atoms. The van der Waals surface area contributed by atoms with Crippen molar-refractivity contribution in [2.24, 2.45) is 18.2 Å². The lowest BCUT2D eigenvalue weighted by atomic mass is 9.75. The Balaban J connectivity index is 0.990. The van der Waals surface area contributed by atoms with E-state index >= 15 is 0 Å². The number of ketones is 1. The molecular weight excluding hydrogens is 810 g/mol. The SMILES string of the molecule is Cn1c(CCCC(=O)NCC(=O)OC2CCC(Nc3cc(-n4nc(C(F)(F)F)c5c4CC(C)(C)CC5=O)ccc3C(N)=O)CC2)cc2cc(N(CCCl)CCCl)ccc21. The molecular formula is C42H50Cl2F3N7O5. The third kappa shape index (κ3) is 10.3. The quantitative estimate of drug-likeness (QED) is 0.0783. The van der Waals surface area contributed by atoms with Gasteiger partial charge in [-0.2, -0.15) is 18.3 Å². The number of hydrogen-bond donors (Lipinski definition) is 3. The molecule has 318 valence electrons. The summed E-state index contributed by atoms with van der Waals surface area (Å²) in [6.07, 6.45) is -1.41. The third-order valence-electron chi connectivity index (χ3n) is 11.1. The molecule has 0 unspecified atom stereocenters. The molecule has 0 radical (unpaired) electrons. The molecule has 4 aromatic rings. The fourth-order valence-electron chi connectivity index (χ4n) is 8.22. The van der Waals surface area contributed by atoms with Gasteiger partial charge in [-0.15, -0.1) is 23.2 Å². The van der Waals surface area contributed by atoms with Gasteiger partial charge in [-0.3, -0.25) is 19.2 Å². The van der Waals surface area contributed by atoms with Gasteiger partial charge in [-0.1, -0.05) is 13.8 Å². The van der Waals surface area contributed by atoms with Crippen molar-refractivity contribution in [3.8, 4) is 5.69 Å². The van der Waals surface area contributed by atoms with Gasteiger partial charge in [0.05, 0.1) is 22.5 Å². The Labute approximate surface area is 350 Å². The molecule has 4 N–H and O–H groups in total. The fourth-order valence-corrected chi connectivity index (χ4v) is 8.63. The van der Waals surface area contributed by atoms with E-state index in [1.807, 2.05) is 20.9 Å². The van der Waals surface area contributed by atoms with Crippen LogP contribution in [0.2, 0.25) is 0 Å². The van der Waals surface area contributed by atoms with Crippen LogP contribution in [0.15, 0.2) is 42.5 Å². The molecule has 12 nitrogen and oxygen atoms in total. The summed E-state index contributed by atoms with van der Waals surface area (Å²) >= 11 is 12.0. The third-order valence-corrected chi connectivity index (χ3v) is 11.5. The molecule has 0 spiro atoms. The van der Waals surface area contributed by atoms with Gasteiger partial charge in [0.25, 0.3) is 5.91 Å². The van der Waals surface area contributed by atoms with E-state index in [2.05, 4.69) is 49.5 Å². The molecule has 1 saturated carbocycles. The van der Waals surface area contributed by atoms with Crippen molar-refractivity contribution in [1.82, 2.24) is 19.7 Å². The van der Waals surface area contributed by atoms with Crippen LogP contribution in [0.5, 0.6) is 0 Å². The number of hydrogen-bond acceptors (Lipinski definition) is 8. The Bertz CT molecular complexity index is 2210. The van der Waals surface area contributed by atoms with Crippen molar-refractivity contribution in [1.29, 1.82) is 0 Å². The summed E-state index contributed by atoms with van der Waals surface area (Å²) in [7, 11) is 2.00. The molecule has 17 heteroatoms. The lowest BCUT2D eigenvalue weighted by Crippen LogP contribution is -2.35. The van der Waals surface area contributed by atoms with Crippen LogP contribution in [-0.4, -0.2) is 81.5 Å². The van der Waals surface area contributed by atoms with Gasteiger partial charge in [0.2, 0.25) is 5.91 Å². The maximum absolute atomic E-state index is 14.1. The lowest BCUT2D eigenvalue weighted by Gasteiger charge is -2.30. The van der Waals surface area contributed by atoms with Crippen molar-refractivity contribution in [2.75, 3.05) is 41.6 Å². The number of nitrogens with zero attached hydrogens (tertiary/aromatic N) is 4. The van der Waals surface area contributed by atoms with E-state index in [-0.39, 0.29) is 60.8 Å². The van der Waals surface area contributed by atoms with E-state index in [0.29, 0.717) is 69.1 Å². The largest absolute Gasteiger partial charge is 0.461 e. The second-order valence-corrected chi connectivity index (χ2v) is 16.9. The predicted octanol–water partition coefficient (Wildman–Crippen LogP) is 7.33. The number of carbonyl (C=O) groups is 4. The van der Waals surface area contributed by atoms with E-state index in [0.717, 1.165) is 27.0 Å². The van der Waals surface area contributed by atoms with Crippen molar-refractivity contribution in [3.63, 3.8) is 0 Å². The molecule has 2 amide bonds. The zero-order valence-corrected chi connectivity index (χ0v) is 34.9. The Morgan fingerprint density at radius 2 is 1.73 bits per heavy atom. The number of rotatable bonds is 16. The number of fused-ring (bicyclic) bond motifs is 2. The minimum atomic E-state index is -4.84. The molecule has 59 heavy (non-hydrogen) atoms. The topological polar surface area (TPSA) is 154 Å². The molecule has 0 aliphatic heterocycles. The summed E-state index contributed by atoms with van der Waals surface area (Å²) in [4.78, 5) is 52.8. The van der Waals surface area contributed by atoms with Gasteiger partial charge >= 0.3 is 12.1 Å². The van der Waals surface area contributed by atoms with Crippen LogP contribution in [0.3, 0.4) is 0 Å². The van der Waals surface area contributed by atoms with Crippen LogP contribution in [0.25, 0.3) is 16.6 Å². The highest BCUT2D eigenvalue weighted by molar-refractivity contribution is 6.18. The number of primary amides is 1. The number of aromatic nitrogens is 3. The van der Waals surface area contributed by atoms with Crippen LogP contribution < -0.4 is 21.3 Å². The Hall–Kier alpha value is -4.76. The number of nitrogens with one attached hydrogen (secondary N) is 2. The first kappa shape index (κ1) is 43.8. The Morgan fingerprint density at radius 3 is 2.39 bits per heavy atom. The van der Waals surface area contributed by atoms with Crippen LogP contribution in [0.1, 0.15) is 96.6 Å². The summed E-state index contributed by atoms with van der Waals surface area (Å²) in [6, 6.07) is 12.6. The predicted molar refractivity (Wildman–Crippen MR) is 222 cm³/mol. The van der Waals surface area contributed by atoms with Crippen molar-refractivity contribution in [2.45, 2.75) is 90.0 Å². The summed E-state index contributed by atoms with van der Waals surface area (Å²) in [5.74, 6) is -1.13. The van der Waals surface area contributed by atoms with Crippen molar-refractivity contribution >= 4 is 69.0 Å². The van der Waals surface area contributed by atoms with Crippen LogP contribution in [-0.2, 0) is 40.4 Å². The molecule has 2 aromatic carbocycles. The lowest BCUT2D eigenvalue weighted by molar-refractivity contribution is -0.150. The van der Waals surface area contributed by atoms with Crippen LogP contribution >= 0.6 is 23.2 Å². The number of halogens is 5. The first-order valence-electron chi connectivity index (χ1n) is 19.8. The molecule has 1 fully saturated rings. The van der Waals surface area contributed by atoms with Gasteiger partial charge < -0.3 is 30.6 Å². The summed E-state index contributed by atoms with van der Waals surface area (Å²) < 4.78 is 51.1. The zero-order chi connectivity index (χ0) is 42.6. The number of esters is 1. The first-order valence-corrected chi connectivity index (χ1v) is 20.9. The van der Waals surface area contributed by atoms with Crippen LogP contribution in [0.4, 0.5) is 24.5 Å². The van der Waals surface area contributed by atoms with Gasteiger partial charge in [0.1, 0.15) is 12.6 Å². The average molecular weight is 861 g/mol. The van der Waals surface area contributed by atoms with Gasteiger partial charge in [0, 0.05) is 78.8 Å². The minimum absolute atomic E-state index is 0.0318. The Morgan fingerprint density at radius 1 is 1.02 bits per heavy atom. The molecule has 2 aliphatic carbocycles. The number of Topliss-reactive ketones (excluding diaryl/α,β-unsaturated/α-hetero) is 1. The van der Waals surface area contributed by atoms with Gasteiger partial charge in [-0.05, 0) is 92.8 Å². The van der Waals surface area contributed by atoms with E-state index in [9.17, 15) is 32.3 Å². The highest BCUT2D eigenvalue weighted by atomic mass is 35.5. The maximum atomic E-state index is 14.1. The first-order chi connectivity index (χ1) is 28.0. The van der Waals surface area contributed by atoms with Crippen molar-refractivity contribution in [3.05, 3.63) is 70.7 Å². The second kappa shape index (κ2) is 18.2. The van der Waals surface area contributed by atoms with E-state index in [4.69, 9.17) is 33.7 Å². The highest BCUT2D eigenvalue weighted by Gasteiger charge is 2.45. The van der Waals surface area contributed by atoms with Gasteiger partial charge in [-0.25, -0.2) is 4.68 Å². The number of amides is 2. The molecule has 0 saturated heterocycles.